The lowest BCUT2D eigenvalue weighted by Crippen LogP contribution is -2.38. The number of nitrogens with zero attached hydrogens (tertiary/aromatic N) is 5. The standard InChI is InChI=1S/C21H25Cl2FN6O/c1-21(2,31)11-30-19(23)18(9-26-30)28-20-25-8-12-6-15(22)14(7-17(12)27-20)13-4-5-29(3)10-16(13)24/h6-9,13,16,31H,4-5,10-11H2,1-3H3,(H,25,27,28)/t13-,16+/m1/s1. The Kier molecular flexibility index (Phi) is 6.09. The minimum absolute atomic E-state index is 0.245. The zero-order valence-corrected chi connectivity index (χ0v) is 19.1. The molecule has 1 aliphatic rings. The minimum Gasteiger partial charge on any atom is -0.389 e. The molecule has 0 bridgehead atoms. The van der Waals surface area contributed by atoms with E-state index < -0.39 is 11.8 Å². The van der Waals surface area contributed by atoms with Crippen LogP contribution in [-0.2, 0) is 6.54 Å². The van der Waals surface area contributed by atoms with Crippen molar-refractivity contribution in [3.63, 3.8) is 0 Å². The minimum atomic E-state index is -0.978. The van der Waals surface area contributed by atoms with Gasteiger partial charge >= 0.3 is 0 Å². The molecule has 0 spiro atoms. The van der Waals surface area contributed by atoms with E-state index in [0.29, 0.717) is 40.3 Å². The lowest BCUT2D eigenvalue weighted by atomic mass is 9.87. The molecule has 0 unspecified atom stereocenters. The predicted molar refractivity (Wildman–Crippen MR) is 121 cm³/mol. The van der Waals surface area contributed by atoms with Crippen LogP contribution in [0.2, 0.25) is 10.2 Å². The highest BCUT2D eigenvalue weighted by molar-refractivity contribution is 6.32. The van der Waals surface area contributed by atoms with Crippen molar-refractivity contribution < 1.29 is 9.50 Å². The second kappa shape index (κ2) is 8.50. The molecule has 0 saturated carbocycles. The van der Waals surface area contributed by atoms with Crippen molar-refractivity contribution in [2.75, 3.05) is 25.5 Å². The normalized spacial score (nSPS) is 20.4. The molecule has 7 nitrogen and oxygen atoms in total. The fraction of sp³-hybridized carbons (Fsp3) is 0.476. The summed E-state index contributed by atoms with van der Waals surface area (Å²) in [6.45, 7) is 4.82. The second-order valence-corrected chi connectivity index (χ2v) is 9.51. The van der Waals surface area contributed by atoms with E-state index in [0.717, 1.165) is 17.5 Å². The van der Waals surface area contributed by atoms with Gasteiger partial charge in [0.05, 0.1) is 29.5 Å². The van der Waals surface area contributed by atoms with Crippen molar-refractivity contribution in [2.45, 2.75) is 44.5 Å². The van der Waals surface area contributed by atoms with Crippen LogP contribution < -0.4 is 5.32 Å². The van der Waals surface area contributed by atoms with E-state index in [1.807, 2.05) is 18.0 Å². The summed E-state index contributed by atoms with van der Waals surface area (Å²) in [6, 6.07) is 3.64. The highest BCUT2D eigenvalue weighted by Crippen LogP contribution is 2.36. The van der Waals surface area contributed by atoms with Gasteiger partial charge in [-0.15, -0.1) is 0 Å². The number of anilines is 2. The summed E-state index contributed by atoms with van der Waals surface area (Å²) in [7, 11) is 1.92. The number of nitrogens with one attached hydrogen (secondary N) is 1. The van der Waals surface area contributed by atoms with Crippen molar-refractivity contribution in [2.24, 2.45) is 0 Å². The van der Waals surface area contributed by atoms with Gasteiger partial charge in [0.15, 0.2) is 5.15 Å². The number of piperidine rings is 1. The SMILES string of the molecule is CN1CC[C@H](c2cc3nc(Nc4cnn(CC(C)(C)O)c4Cl)ncc3cc2Cl)[C@@H](F)C1. The fourth-order valence-electron chi connectivity index (χ4n) is 3.87. The number of halogens is 3. The number of hydrogen-bond acceptors (Lipinski definition) is 6. The van der Waals surface area contributed by atoms with Crippen molar-refractivity contribution in [3.05, 3.63) is 40.3 Å². The third-order valence-electron chi connectivity index (χ3n) is 5.40. The molecule has 3 aromatic rings. The Morgan fingerprint density at radius 2 is 2.06 bits per heavy atom. The molecule has 1 aromatic carbocycles. The van der Waals surface area contributed by atoms with Gasteiger partial charge in [-0.2, -0.15) is 5.10 Å². The van der Waals surface area contributed by atoms with Gasteiger partial charge in [-0.05, 0) is 51.6 Å². The molecule has 1 saturated heterocycles. The van der Waals surface area contributed by atoms with E-state index in [1.54, 1.807) is 32.3 Å². The summed E-state index contributed by atoms with van der Waals surface area (Å²) in [6.07, 6.45) is 2.95. The quantitative estimate of drug-likeness (QED) is 0.579. The average molecular weight is 467 g/mol. The van der Waals surface area contributed by atoms with Crippen molar-refractivity contribution in [3.8, 4) is 0 Å². The van der Waals surface area contributed by atoms with Gasteiger partial charge in [-0.1, -0.05) is 23.2 Å². The number of alkyl halides is 1. The number of rotatable bonds is 5. The monoisotopic (exact) mass is 466 g/mol. The van der Waals surface area contributed by atoms with Crippen LogP contribution in [0.25, 0.3) is 10.9 Å². The van der Waals surface area contributed by atoms with E-state index in [1.165, 1.54) is 4.68 Å². The maximum Gasteiger partial charge on any atom is 0.227 e. The summed E-state index contributed by atoms with van der Waals surface area (Å²) in [4.78, 5) is 10.9. The van der Waals surface area contributed by atoms with Crippen LogP contribution in [0.4, 0.5) is 16.0 Å². The second-order valence-electron chi connectivity index (χ2n) is 8.74. The third-order valence-corrected chi connectivity index (χ3v) is 6.13. The Morgan fingerprint density at radius 3 is 2.77 bits per heavy atom. The van der Waals surface area contributed by atoms with Crippen LogP contribution in [0.15, 0.2) is 24.5 Å². The molecular weight excluding hydrogens is 442 g/mol. The summed E-state index contributed by atoms with van der Waals surface area (Å²) >= 11 is 12.9. The molecule has 0 radical (unpaired) electrons. The van der Waals surface area contributed by atoms with E-state index in [2.05, 4.69) is 20.4 Å². The molecule has 1 aliphatic heterocycles. The lowest BCUT2D eigenvalue weighted by molar-refractivity contribution is 0.0578. The number of hydrogen-bond donors (Lipinski definition) is 2. The van der Waals surface area contributed by atoms with Gasteiger partial charge in [0, 0.05) is 29.1 Å². The molecule has 2 atom stereocenters. The topological polar surface area (TPSA) is 79.1 Å². The third kappa shape index (κ3) is 4.92. The Morgan fingerprint density at radius 1 is 1.29 bits per heavy atom. The Bertz CT molecular complexity index is 1100. The summed E-state index contributed by atoms with van der Waals surface area (Å²) in [5, 5.41) is 18.9. The highest BCUT2D eigenvalue weighted by Gasteiger charge is 2.30. The Hall–Kier alpha value is -2.00. The van der Waals surface area contributed by atoms with Crippen LogP contribution in [0, 0.1) is 0 Å². The molecule has 3 heterocycles. The van der Waals surface area contributed by atoms with Gasteiger partial charge in [0.1, 0.15) is 6.17 Å². The van der Waals surface area contributed by atoms with E-state index >= 15 is 0 Å². The molecule has 0 amide bonds. The number of fused-ring (bicyclic) bond motifs is 1. The molecule has 0 aliphatic carbocycles. The van der Waals surface area contributed by atoms with Gasteiger partial charge in [0.2, 0.25) is 5.95 Å². The zero-order chi connectivity index (χ0) is 22.3. The van der Waals surface area contributed by atoms with Crippen LogP contribution in [0.1, 0.15) is 31.7 Å². The van der Waals surface area contributed by atoms with E-state index in [4.69, 9.17) is 23.2 Å². The van der Waals surface area contributed by atoms with Crippen molar-refractivity contribution in [1.82, 2.24) is 24.6 Å². The van der Waals surface area contributed by atoms with Crippen molar-refractivity contribution in [1.29, 1.82) is 0 Å². The first-order chi connectivity index (χ1) is 14.6. The first-order valence-electron chi connectivity index (χ1n) is 10.1. The first-order valence-corrected chi connectivity index (χ1v) is 10.9. The molecule has 166 valence electrons. The van der Waals surface area contributed by atoms with Gasteiger partial charge in [-0.25, -0.2) is 19.0 Å². The molecule has 10 heteroatoms. The zero-order valence-electron chi connectivity index (χ0n) is 17.6. The molecular formula is C21H25Cl2FN6O. The summed E-state index contributed by atoms with van der Waals surface area (Å²) in [5.74, 6) is 0.0830. The molecule has 1 fully saturated rings. The smallest absolute Gasteiger partial charge is 0.227 e. The molecule has 31 heavy (non-hydrogen) atoms. The first kappa shape index (κ1) is 22.2. The van der Waals surface area contributed by atoms with E-state index in [-0.39, 0.29) is 12.5 Å². The highest BCUT2D eigenvalue weighted by atomic mass is 35.5. The van der Waals surface area contributed by atoms with Crippen molar-refractivity contribution >= 4 is 45.7 Å². The van der Waals surface area contributed by atoms with Gasteiger partial charge in [-0.3, -0.25) is 0 Å². The van der Waals surface area contributed by atoms with Crippen LogP contribution in [-0.4, -0.2) is 61.7 Å². The molecule has 2 aromatic heterocycles. The lowest BCUT2D eigenvalue weighted by Gasteiger charge is -2.33. The number of likely N-dealkylation sites (tertiary alicyclic amines) is 1. The van der Waals surface area contributed by atoms with Gasteiger partial charge in [0.25, 0.3) is 0 Å². The molecule has 2 N–H and O–H groups in total. The maximum atomic E-state index is 14.7. The summed E-state index contributed by atoms with van der Waals surface area (Å²) < 4.78 is 16.2. The maximum absolute atomic E-state index is 14.7. The Balaban J connectivity index is 1.61. The summed E-state index contributed by atoms with van der Waals surface area (Å²) in [5.41, 5.74) is 1.02. The van der Waals surface area contributed by atoms with Crippen LogP contribution in [0.3, 0.4) is 0 Å². The van der Waals surface area contributed by atoms with Gasteiger partial charge < -0.3 is 15.3 Å². The number of benzene rings is 1. The Labute approximate surface area is 190 Å². The predicted octanol–water partition coefficient (Wildman–Crippen LogP) is 4.40. The molecule has 4 rings (SSSR count). The number of aromatic nitrogens is 4. The van der Waals surface area contributed by atoms with E-state index in [9.17, 15) is 9.50 Å². The number of aliphatic hydroxyl groups is 1. The van der Waals surface area contributed by atoms with Crippen LogP contribution in [0.5, 0.6) is 0 Å². The largest absolute Gasteiger partial charge is 0.389 e. The van der Waals surface area contributed by atoms with Crippen LogP contribution >= 0.6 is 23.2 Å². The average Bonchev–Trinajstić information content (AvgIpc) is 3.00. The fourth-order valence-corrected chi connectivity index (χ4v) is 4.38.